The van der Waals surface area contributed by atoms with Gasteiger partial charge in [-0.05, 0) is 30.7 Å². The van der Waals surface area contributed by atoms with E-state index in [9.17, 15) is 0 Å². The van der Waals surface area contributed by atoms with Gasteiger partial charge in [-0.15, -0.1) is 11.6 Å². The Morgan fingerprint density at radius 2 is 1.81 bits per heavy atom. The van der Waals surface area contributed by atoms with Crippen LogP contribution in [0.1, 0.15) is 11.3 Å². The molecule has 0 radical (unpaired) electrons. The van der Waals surface area contributed by atoms with Gasteiger partial charge in [0, 0.05) is 33.4 Å². The predicted molar refractivity (Wildman–Crippen MR) is 87.6 cm³/mol. The number of pyridine rings is 1. The lowest BCUT2D eigenvalue weighted by Gasteiger charge is -2.10. The van der Waals surface area contributed by atoms with Crippen molar-refractivity contribution in [2.24, 2.45) is 0 Å². The van der Waals surface area contributed by atoms with Gasteiger partial charge in [-0.1, -0.05) is 35.9 Å². The Labute approximate surface area is 133 Å². The first-order valence-corrected chi connectivity index (χ1v) is 7.47. The molecule has 3 rings (SSSR count). The van der Waals surface area contributed by atoms with Gasteiger partial charge in [0.05, 0.1) is 0 Å². The highest BCUT2D eigenvalue weighted by Gasteiger charge is 2.08. The average Bonchev–Trinajstić information content (AvgIpc) is 2.50. The van der Waals surface area contributed by atoms with E-state index in [0.717, 1.165) is 27.8 Å². The maximum atomic E-state index is 6.22. The van der Waals surface area contributed by atoms with E-state index in [1.54, 1.807) is 0 Å². The van der Waals surface area contributed by atoms with Crippen LogP contribution in [-0.4, -0.2) is 4.98 Å². The minimum absolute atomic E-state index is 0.432. The van der Waals surface area contributed by atoms with E-state index in [1.165, 1.54) is 0 Å². The molecule has 3 aromatic rings. The number of aryl methyl sites for hydroxylation is 1. The summed E-state index contributed by atoms with van der Waals surface area (Å²) in [6, 6.07) is 15.3. The van der Waals surface area contributed by atoms with Crippen molar-refractivity contribution >= 4 is 34.0 Å². The Balaban J connectivity index is 2.06. The summed E-state index contributed by atoms with van der Waals surface area (Å²) in [5.41, 5.74) is 1.86. The molecule has 0 saturated carbocycles. The number of hydrogen-bond acceptors (Lipinski definition) is 2. The molecule has 0 bridgehead atoms. The molecule has 0 unspecified atom stereocenters. The third-order valence-electron chi connectivity index (χ3n) is 3.19. The third-order valence-corrected chi connectivity index (χ3v) is 3.83. The quantitative estimate of drug-likeness (QED) is 0.576. The van der Waals surface area contributed by atoms with E-state index in [1.807, 2.05) is 55.5 Å². The van der Waals surface area contributed by atoms with E-state index in [2.05, 4.69) is 4.98 Å². The second-order valence-corrected chi connectivity index (χ2v) is 5.46. The number of fused-ring (bicyclic) bond motifs is 1. The lowest BCUT2D eigenvalue weighted by molar-refractivity contribution is 0.466. The number of benzene rings is 2. The number of aromatic nitrogens is 1. The lowest BCUT2D eigenvalue weighted by atomic mass is 10.1. The Hall–Kier alpha value is -1.77. The SMILES string of the molecule is Cc1cc(CCl)cc(Oc2ccc(Cl)c3ccccc23)n1. The summed E-state index contributed by atoms with van der Waals surface area (Å²) < 4.78 is 5.94. The average molecular weight is 318 g/mol. The molecule has 0 saturated heterocycles. The van der Waals surface area contributed by atoms with E-state index in [4.69, 9.17) is 27.9 Å². The van der Waals surface area contributed by atoms with E-state index in [-0.39, 0.29) is 0 Å². The fourth-order valence-corrected chi connectivity index (χ4v) is 2.65. The van der Waals surface area contributed by atoms with Gasteiger partial charge < -0.3 is 4.74 Å². The molecule has 1 aromatic heterocycles. The highest BCUT2D eigenvalue weighted by molar-refractivity contribution is 6.35. The molecule has 21 heavy (non-hydrogen) atoms. The van der Waals surface area contributed by atoms with Crippen LogP contribution in [0.25, 0.3) is 10.8 Å². The normalized spacial score (nSPS) is 10.8. The van der Waals surface area contributed by atoms with Crippen molar-refractivity contribution in [1.29, 1.82) is 0 Å². The standard InChI is InChI=1S/C17H13Cl2NO/c1-11-8-12(10-18)9-17(20-11)21-16-7-6-15(19)13-4-2-3-5-14(13)16/h2-9H,10H2,1H3. The van der Waals surface area contributed by atoms with E-state index in [0.29, 0.717) is 16.8 Å². The minimum atomic E-state index is 0.432. The molecule has 106 valence electrons. The maximum absolute atomic E-state index is 6.22. The topological polar surface area (TPSA) is 22.1 Å². The van der Waals surface area contributed by atoms with Crippen LogP contribution >= 0.6 is 23.2 Å². The fraction of sp³-hybridized carbons (Fsp3) is 0.118. The van der Waals surface area contributed by atoms with Crippen LogP contribution in [0.2, 0.25) is 5.02 Å². The Morgan fingerprint density at radius 1 is 1.05 bits per heavy atom. The molecule has 0 aliphatic carbocycles. The second-order valence-electron chi connectivity index (χ2n) is 4.78. The van der Waals surface area contributed by atoms with Crippen molar-refractivity contribution in [1.82, 2.24) is 4.98 Å². The summed E-state index contributed by atoms with van der Waals surface area (Å²) in [4.78, 5) is 4.39. The number of nitrogens with zero attached hydrogens (tertiary/aromatic N) is 1. The Morgan fingerprint density at radius 3 is 2.57 bits per heavy atom. The number of rotatable bonds is 3. The molecular formula is C17H13Cl2NO. The molecule has 0 atom stereocenters. The van der Waals surface area contributed by atoms with E-state index >= 15 is 0 Å². The second kappa shape index (κ2) is 5.92. The summed E-state index contributed by atoms with van der Waals surface area (Å²) in [6.07, 6.45) is 0. The maximum Gasteiger partial charge on any atom is 0.219 e. The van der Waals surface area contributed by atoms with Crippen molar-refractivity contribution in [3.63, 3.8) is 0 Å². The summed E-state index contributed by atoms with van der Waals surface area (Å²) in [5, 5.41) is 2.62. The van der Waals surface area contributed by atoms with Crippen molar-refractivity contribution in [2.75, 3.05) is 0 Å². The first kappa shape index (κ1) is 14.2. The Bertz CT molecular complexity index is 802. The highest BCUT2D eigenvalue weighted by Crippen LogP contribution is 2.33. The summed E-state index contributed by atoms with van der Waals surface area (Å²) >= 11 is 12.1. The fourth-order valence-electron chi connectivity index (χ4n) is 2.27. The molecule has 0 amide bonds. The van der Waals surface area contributed by atoms with Crippen LogP contribution in [0.3, 0.4) is 0 Å². The largest absolute Gasteiger partial charge is 0.438 e. The van der Waals surface area contributed by atoms with Crippen molar-refractivity contribution in [2.45, 2.75) is 12.8 Å². The van der Waals surface area contributed by atoms with Gasteiger partial charge in [-0.3, -0.25) is 0 Å². The van der Waals surface area contributed by atoms with Gasteiger partial charge in [0.25, 0.3) is 0 Å². The monoisotopic (exact) mass is 317 g/mol. The highest BCUT2D eigenvalue weighted by atomic mass is 35.5. The first-order chi connectivity index (χ1) is 10.2. The molecule has 0 aliphatic rings. The smallest absolute Gasteiger partial charge is 0.219 e. The molecule has 0 spiro atoms. The van der Waals surface area contributed by atoms with Gasteiger partial charge in [0.1, 0.15) is 5.75 Å². The van der Waals surface area contributed by atoms with Gasteiger partial charge in [-0.2, -0.15) is 0 Å². The van der Waals surface area contributed by atoms with Crippen LogP contribution < -0.4 is 4.74 Å². The van der Waals surface area contributed by atoms with Crippen molar-refractivity contribution in [3.05, 3.63) is 64.8 Å². The zero-order chi connectivity index (χ0) is 14.8. The molecule has 4 heteroatoms. The molecule has 0 aliphatic heterocycles. The van der Waals surface area contributed by atoms with Crippen LogP contribution in [0.5, 0.6) is 11.6 Å². The number of ether oxygens (including phenoxy) is 1. The molecule has 2 nitrogen and oxygen atoms in total. The zero-order valence-electron chi connectivity index (χ0n) is 11.4. The summed E-state index contributed by atoms with van der Waals surface area (Å²) in [7, 11) is 0. The van der Waals surface area contributed by atoms with Gasteiger partial charge in [0.2, 0.25) is 5.88 Å². The van der Waals surface area contributed by atoms with Crippen LogP contribution in [-0.2, 0) is 5.88 Å². The Kier molecular flexibility index (Phi) is 4.00. The predicted octanol–water partition coefficient (Wildman–Crippen LogP) is 5.73. The van der Waals surface area contributed by atoms with Gasteiger partial charge >= 0.3 is 0 Å². The van der Waals surface area contributed by atoms with Gasteiger partial charge in [0.15, 0.2) is 0 Å². The first-order valence-electron chi connectivity index (χ1n) is 6.56. The van der Waals surface area contributed by atoms with E-state index < -0.39 is 0 Å². The number of alkyl halides is 1. The van der Waals surface area contributed by atoms with Gasteiger partial charge in [-0.25, -0.2) is 4.98 Å². The van der Waals surface area contributed by atoms with Crippen LogP contribution in [0.15, 0.2) is 48.5 Å². The number of halogens is 2. The lowest BCUT2D eigenvalue weighted by Crippen LogP contribution is -1.93. The summed E-state index contributed by atoms with van der Waals surface area (Å²) in [6.45, 7) is 1.92. The van der Waals surface area contributed by atoms with Crippen LogP contribution in [0, 0.1) is 6.92 Å². The summed E-state index contributed by atoms with van der Waals surface area (Å²) in [5.74, 6) is 1.70. The van der Waals surface area contributed by atoms with Crippen molar-refractivity contribution in [3.8, 4) is 11.6 Å². The molecular weight excluding hydrogens is 305 g/mol. The molecule has 1 heterocycles. The van der Waals surface area contributed by atoms with Crippen molar-refractivity contribution < 1.29 is 4.74 Å². The minimum Gasteiger partial charge on any atom is -0.438 e. The third kappa shape index (κ3) is 2.97. The van der Waals surface area contributed by atoms with Crippen LogP contribution in [0.4, 0.5) is 0 Å². The molecule has 2 aromatic carbocycles. The molecule has 0 N–H and O–H groups in total. The molecule has 0 fully saturated rings. The number of hydrogen-bond donors (Lipinski definition) is 0. The zero-order valence-corrected chi connectivity index (χ0v) is 12.9.